The van der Waals surface area contributed by atoms with Crippen molar-refractivity contribution in [3.8, 4) is 0 Å². The van der Waals surface area contributed by atoms with Crippen LogP contribution in [0.15, 0.2) is 0 Å². The number of halogens is 3. The first kappa shape index (κ1) is 8.21. The Labute approximate surface area is 60.7 Å². The highest BCUT2D eigenvalue weighted by atomic mass is 35.5. The lowest BCUT2D eigenvalue weighted by Crippen LogP contribution is -2.14. The van der Waals surface area contributed by atoms with E-state index >= 15 is 0 Å². The van der Waals surface area contributed by atoms with Gasteiger partial charge in [-0.05, 0) is 11.6 Å². The molecule has 0 saturated carbocycles. The van der Waals surface area contributed by atoms with Crippen LogP contribution in [0, 0.1) is 0 Å². The van der Waals surface area contributed by atoms with E-state index in [2.05, 4.69) is 11.6 Å². The van der Waals surface area contributed by atoms with Gasteiger partial charge in [-0.1, -0.05) is 23.2 Å². The predicted molar refractivity (Wildman–Crippen MR) is 31.4 cm³/mol. The average molecular weight is 175 g/mol. The summed E-state index contributed by atoms with van der Waals surface area (Å²) in [6.07, 6.45) is 0. The Kier molecular flexibility index (Phi) is 3.36. The van der Waals surface area contributed by atoms with Gasteiger partial charge in [0.2, 0.25) is 5.78 Å². The molecule has 0 N–H and O–H groups in total. The van der Waals surface area contributed by atoms with Crippen LogP contribution < -0.4 is 0 Å². The zero-order chi connectivity index (χ0) is 6.73. The zero-order valence-electron chi connectivity index (χ0n) is 3.53. The molecule has 2 nitrogen and oxygen atoms in total. The zero-order valence-corrected chi connectivity index (χ0v) is 5.80. The molecule has 0 rings (SSSR count). The highest BCUT2D eigenvalue weighted by Gasteiger charge is 2.17. The summed E-state index contributed by atoms with van der Waals surface area (Å²) >= 11 is 14.5. The van der Waals surface area contributed by atoms with Gasteiger partial charge in [-0.3, -0.25) is 9.59 Å². The molecule has 8 heavy (non-hydrogen) atoms. The fourth-order valence-corrected chi connectivity index (χ4v) is 0.505. The van der Waals surface area contributed by atoms with Gasteiger partial charge in [-0.15, -0.1) is 0 Å². The fourth-order valence-electron chi connectivity index (χ4n) is 0.0858. The molecule has 5 heteroatoms. The van der Waals surface area contributed by atoms with E-state index in [9.17, 15) is 9.59 Å². The second-order valence-electron chi connectivity index (χ2n) is 0.939. The number of rotatable bonds is 2. The second kappa shape index (κ2) is 3.28. The number of hydrogen-bond donors (Lipinski definition) is 0. The van der Waals surface area contributed by atoms with Crippen LogP contribution in [-0.2, 0) is 9.59 Å². The molecule has 0 unspecified atom stereocenters. The van der Waals surface area contributed by atoms with E-state index in [1.807, 2.05) is 0 Å². The van der Waals surface area contributed by atoms with Crippen LogP contribution in [0.4, 0.5) is 0 Å². The topological polar surface area (TPSA) is 34.1 Å². The van der Waals surface area contributed by atoms with Gasteiger partial charge in [0.05, 0.1) is 0 Å². The molecule has 0 atom stereocenters. The fraction of sp³-hybridized carbons (Fsp3) is 0.333. The lowest BCUT2D eigenvalue weighted by Gasteiger charge is -1.88. The Morgan fingerprint density at radius 3 is 1.62 bits per heavy atom. The predicted octanol–water partition coefficient (Wildman–Crippen LogP) is 1.12. The summed E-state index contributed by atoms with van der Waals surface area (Å²) < 4.78 is 0. The van der Waals surface area contributed by atoms with Crippen molar-refractivity contribution in [1.29, 1.82) is 0 Å². The van der Waals surface area contributed by atoms with Crippen molar-refractivity contribution in [2.75, 3.05) is 0 Å². The molecule has 0 spiro atoms. The van der Waals surface area contributed by atoms with Gasteiger partial charge in [0.25, 0.3) is 5.24 Å². The lowest BCUT2D eigenvalue weighted by atomic mass is 10.5. The Bertz CT molecular complexity index is 120. The van der Waals surface area contributed by atoms with E-state index in [4.69, 9.17) is 23.2 Å². The molecule has 0 saturated heterocycles. The Morgan fingerprint density at radius 1 is 1.25 bits per heavy atom. The Balaban J connectivity index is 3.84. The van der Waals surface area contributed by atoms with E-state index in [1.165, 1.54) is 0 Å². The number of Topliss-reactive ketones (excluding diaryl/α,β-unsaturated/α-hetero) is 1. The van der Waals surface area contributed by atoms with E-state index in [-0.39, 0.29) is 0 Å². The van der Waals surface area contributed by atoms with Gasteiger partial charge in [-0.2, -0.15) is 0 Å². The molecule has 0 bridgehead atoms. The minimum atomic E-state index is -1.33. The largest absolute Gasteiger partial charge is 0.291 e. The summed E-state index contributed by atoms with van der Waals surface area (Å²) in [7, 11) is 0. The van der Waals surface area contributed by atoms with Crippen LogP contribution >= 0.6 is 34.8 Å². The van der Waals surface area contributed by atoms with Gasteiger partial charge in [0.1, 0.15) is 0 Å². The third-order valence-electron chi connectivity index (χ3n) is 0.392. The third kappa shape index (κ3) is 2.50. The third-order valence-corrected chi connectivity index (χ3v) is 0.975. The van der Waals surface area contributed by atoms with E-state index < -0.39 is 15.9 Å². The summed E-state index contributed by atoms with van der Waals surface area (Å²) in [5.41, 5.74) is 0. The maximum Gasteiger partial charge on any atom is 0.291 e. The van der Waals surface area contributed by atoms with Crippen molar-refractivity contribution < 1.29 is 9.59 Å². The number of ketones is 1. The van der Waals surface area contributed by atoms with Crippen LogP contribution in [0.5, 0.6) is 0 Å². The Hall–Kier alpha value is 0.210. The highest BCUT2D eigenvalue weighted by molar-refractivity contribution is 6.85. The van der Waals surface area contributed by atoms with Crippen LogP contribution in [0.2, 0.25) is 0 Å². The minimum absolute atomic E-state index is 0.991. The molecule has 0 fully saturated rings. The van der Waals surface area contributed by atoms with Crippen molar-refractivity contribution in [3.63, 3.8) is 0 Å². The number of carbonyl (C=O) groups is 2. The monoisotopic (exact) mass is 174 g/mol. The lowest BCUT2D eigenvalue weighted by molar-refractivity contribution is -0.130. The first-order valence-corrected chi connectivity index (χ1v) is 2.82. The Morgan fingerprint density at radius 2 is 1.62 bits per heavy atom. The summed E-state index contributed by atoms with van der Waals surface area (Å²) in [4.78, 5) is 18.6. The molecule has 0 heterocycles. The first-order valence-electron chi connectivity index (χ1n) is 1.57. The SMILES string of the molecule is O=C(Cl)C(=O)C(Cl)Cl. The number of alkyl halides is 2. The summed E-state index contributed by atoms with van der Waals surface area (Å²) in [6, 6.07) is 0. The van der Waals surface area contributed by atoms with Gasteiger partial charge in [0, 0.05) is 0 Å². The first-order chi connectivity index (χ1) is 3.55. The van der Waals surface area contributed by atoms with Gasteiger partial charge < -0.3 is 0 Å². The van der Waals surface area contributed by atoms with Gasteiger partial charge >= 0.3 is 0 Å². The van der Waals surface area contributed by atoms with Crippen molar-refractivity contribution in [1.82, 2.24) is 0 Å². The molecule has 0 aliphatic rings. The van der Waals surface area contributed by atoms with Gasteiger partial charge in [0.15, 0.2) is 4.84 Å². The molecule has 0 aromatic rings. The standard InChI is InChI=1S/C3HCl3O2/c4-2(5)1(7)3(6)8/h2H. The molecular formula is C3HCl3O2. The van der Waals surface area contributed by atoms with Crippen molar-refractivity contribution in [2.45, 2.75) is 4.84 Å². The number of hydrogen-bond acceptors (Lipinski definition) is 2. The van der Waals surface area contributed by atoms with Crippen LogP contribution in [-0.4, -0.2) is 15.9 Å². The molecule has 0 radical (unpaired) electrons. The molecule has 0 amide bonds. The summed E-state index contributed by atoms with van der Waals surface area (Å²) in [5, 5.41) is -1.14. The molecule has 0 aromatic carbocycles. The minimum Gasteiger partial charge on any atom is -0.286 e. The molecule has 0 aliphatic heterocycles. The van der Waals surface area contributed by atoms with E-state index in [0.29, 0.717) is 0 Å². The average Bonchev–Trinajstić information content (AvgIpc) is 1.64. The normalized spacial score (nSPS) is 9.50. The summed E-state index contributed by atoms with van der Waals surface area (Å²) in [5.74, 6) is -0.991. The van der Waals surface area contributed by atoms with E-state index in [0.717, 1.165) is 0 Å². The van der Waals surface area contributed by atoms with Crippen LogP contribution in [0.1, 0.15) is 0 Å². The van der Waals surface area contributed by atoms with Crippen molar-refractivity contribution in [3.05, 3.63) is 0 Å². The highest BCUT2D eigenvalue weighted by Crippen LogP contribution is 2.04. The second-order valence-corrected chi connectivity index (χ2v) is 2.38. The molecular weight excluding hydrogens is 174 g/mol. The number of carbonyl (C=O) groups excluding carboxylic acids is 2. The maximum absolute atomic E-state index is 10.1. The molecule has 0 aliphatic carbocycles. The maximum atomic E-state index is 10.1. The van der Waals surface area contributed by atoms with Gasteiger partial charge in [-0.25, -0.2) is 0 Å². The smallest absolute Gasteiger partial charge is 0.286 e. The quantitative estimate of drug-likeness (QED) is 0.358. The van der Waals surface area contributed by atoms with E-state index in [1.54, 1.807) is 0 Å². The van der Waals surface area contributed by atoms with Crippen molar-refractivity contribution >= 4 is 45.8 Å². The summed E-state index contributed by atoms with van der Waals surface area (Å²) in [6.45, 7) is 0. The van der Waals surface area contributed by atoms with Crippen LogP contribution in [0.3, 0.4) is 0 Å². The molecule has 0 aromatic heterocycles. The van der Waals surface area contributed by atoms with Crippen molar-refractivity contribution in [2.24, 2.45) is 0 Å². The molecule has 46 valence electrons. The van der Waals surface area contributed by atoms with Crippen LogP contribution in [0.25, 0.3) is 0 Å².